The smallest absolute Gasteiger partial charge is 0.187 e. The van der Waals surface area contributed by atoms with Crippen molar-refractivity contribution < 1.29 is 0 Å². The lowest BCUT2D eigenvalue weighted by atomic mass is 10.1. The monoisotopic (exact) mass is 269 g/mol. The Hall–Kier alpha value is -1.83. The van der Waals surface area contributed by atoms with Gasteiger partial charge >= 0.3 is 0 Å². The van der Waals surface area contributed by atoms with Gasteiger partial charge in [0.1, 0.15) is 0 Å². The molecule has 2 aromatic rings. The SMILES string of the molecule is Cc1cnc(SCc2cccc(C#CCN)c2)nc1. The van der Waals surface area contributed by atoms with Crippen LogP contribution in [0, 0.1) is 18.8 Å². The highest BCUT2D eigenvalue weighted by Gasteiger charge is 1.99. The Morgan fingerprint density at radius 3 is 2.79 bits per heavy atom. The zero-order valence-corrected chi connectivity index (χ0v) is 11.6. The molecular weight excluding hydrogens is 254 g/mol. The Bertz CT molecular complexity index is 597. The van der Waals surface area contributed by atoms with Gasteiger partial charge in [-0.15, -0.1) is 0 Å². The van der Waals surface area contributed by atoms with E-state index in [0.717, 1.165) is 22.0 Å². The first kappa shape index (κ1) is 13.6. The Kier molecular flexibility index (Phi) is 4.96. The molecule has 96 valence electrons. The third kappa shape index (κ3) is 4.40. The van der Waals surface area contributed by atoms with Gasteiger partial charge in [0, 0.05) is 23.7 Å². The van der Waals surface area contributed by atoms with Gasteiger partial charge in [-0.3, -0.25) is 0 Å². The molecule has 0 amide bonds. The minimum Gasteiger partial charge on any atom is -0.320 e. The van der Waals surface area contributed by atoms with Crippen LogP contribution < -0.4 is 5.73 Å². The van der Waals surface area contributed by atoms with Gasteiger partial charge in [-0.1, -0.05) is 35.7 Å². The predicted molar refractivity (Wildman–Crippen MR) is 78.7 cm³/mol. The van der Waals surface area contributed by atoms with Crippen molar-refractivity contribution in [1.82, 2.24) is 9.97 Å². The van der Waals surface area contributed by atoms with Gasteiger partial charge in [-0.05, 0) is 30.2 Å². The maximum Gasteiger partial charge on any atom is 0.187 e. The topological polar surface area (TPSA) is 51.8 Å². The molecule has 0 radical (unpaired) electrons. The number of nitrogens with two attached hydrogens (primary N) is 1. The predicted octanol–water partition coefficient (Wildman–Crippen LogP) is 2.39. The molecule has 2 rings (SSSR count). The van der Waals surface area contributed by atoms with E-state index in [1.807, 2.05) is 31.5 Å². The molecule has 4 heteroatoms. The highest BCUT2D eigenvalue weighted by Crippen LogP contribution is 2.19. The van der Waals surface area contributed by atoms with Crippen LogP contribution in [-0.4, -0.2) is 16.5 Å². The maximum absolute atomic E-state index is 5.37. The summed E-state index contributed by atoms with van der Waals surface area (Å²) in [6.07, 6.45) is 3.66. The zero-order chi connectivity index (χ0) is 13.5. The molecule has 0 aliphatic rings. The summed E-state index contributed by atoms with van der Waals surface area (Å²) in [5.74, 6) is 6.73. The molecule has 1 aromatic carbocycles. The number of hydrogen-bond acceptors (Lipinski definition) is 4. The van der Waals surface area contributed by atoms with Crippen LogP contribution in [0.5, 0.6) is 0 Å². The standard InChI is InChI=1S/C15H15N3S/c1-12-9-17-15(18-10-12)19-11-14-5-2-4-13(8-14)6-3-7-16/h2,4-5,8-10H,7,11,16H2,1H3. The fourth-order valence-electron chi connectivity index (χ4n) is 1.50. The first-order chi connectivity index (χ1) is 9.28. The van der Waals surface area contributed by atoms with Crippen molar-refractivity contribution in [3.8, 4) is 11.8 Å². The van der Waals surface area contributed by atoms with E-state index in [-0.39, 0.29) is 0 Å². The molecule has 1 aromatic heterocycles. The summed E-state index contributed by atoms with van der Waals surface area (Å²) in [6, 6.07) is 8.14. The van der Waals surface area contributed by atoms with Gasteiger partial charge in [-0.2, -0.15) is 0 Å². The number of thioether (sulfide) groups is 1. The first-order valence-electron chi connectivity index (χ1n) is 5.97. The van der Waals surface area contributed by atoms with Crippen molar-refractivity contribution >= 4 is 11.8 Å². The average Bonchev–Trinajstić information content (AvgIpc) is 2.45. The fraction of sp³-hybridized carbons (Fsp3) is 0.200. The Labute approximate surface area is 117 Å². The quantitative estimate of drug-likeness (QED) is 0.528. The molecule has 0 aliphatic carbocycles. The second-order valence-electron chi connectivity index (χ2n) is 4.04. The normalized spacial score (nSPS) is 9.79. The van der Waals surface area contributed by atoms with Gasteiger partial charge in [0.05, 0.1) is 6.54 Å². The van der Waals surface area contributed by atoms with E-state index in [9.17, 15) is 0 Å². The summed E-state index contributed by atoms with van der Waals surface area (Å²) in [7, 11) is 0. The second-order valence-corrected chi connectivity index (χ2v) is 4.98. The van der Waals surface area contributed by atoms with Crippen LogP contribution in [0.1, 0.15) is 16.7 Å². The molecular formula is C15H15N3S. The van der Waals surface area contributed by atoms with E-state index in [2.05, 4.69) is 33.9 Å². The van der Waals surface area contributed by atoms with Crippen molar-refractivity contribution in [1.29, 1.82) is 0 Å². The van der Waals surface area contributed by atoms with Crippen LogP contribution >= 0.6 is 11.8 Å². The van der Waals surface area contributed by atoms with Gasteiger partial charge in [0.2, 0.25) is 0 Å². The molecule has 1 heterocycles. The summed E-state index contributed by atoms with van der Waals surface area (Å²) >= 11 is 1.62. The largest absolute Gasteiger partial charge is 0.320 e. The minimum atomic E-state index is 0.385. The third-order valence-corrected chi connectivity index (χ3v) is 3.33. The van der Waals surface area contributed by atoms with E-state index in [0.29, 0.717) is 6.54 Å². The number of rotatable bonds is 3. The van der Waals surface area contributed by atoms with Crippen LogP contribution in [-0.2, 0) is 5.75 Å². The van der Waals surface area contributed by atoms with Gasteiger partial charge in [0.25, 0.3) is 0 Å². The molecule has 3 nitrogen and oxygen atoms in total. The molecule has 19 heavy (non-hydrogen) atoms. The lowest BCUT2D eigenvalue weighted by Gasteiger charge is -2.01. The molecule has 0 unspecified atom stereocenters. The highest BCUT2D eigenvalue weighted by molar-refractivity contribution is 7.98. The molecule has 0 saturated carbocycles. The van der Waals surface area contributed by atoms with E-state index in [4.69, 9.17) is 5.73 Å². The van der Waals surface area contributed by atoms with Crippen LogP contribution in [0.2, 0.25) is 0 Å². The fourth-order valence-corrected chi connectivity index (χ4v) is 2.22. The molecule has 0 bridgehead atoms. The van der Waals surface area contributed by atoms with Crippen LogP contribution in [0.3, 0.4) is 0 Å². The van der Waals surface area contributed by atoms with E-state index in [1.165, 1.54) is 5.56 Å². The number of benzene rings is 1. The van der Waals surface area contributed by atoms with Crippen molar-refractivity contribution in [3.05, 3.63) is 53.3 Å². The summed E-state index contributed by atoms with van der Waals surface area (Å²) in [6.45, 7) is 2.37. The molecule has 0 aliphatic heterocycles. The number of aromatic nitrogens is 2. The Morgan fingerprint density at radius 1 is 1.26 bits per heavy atom. The number of nitrogens with zero attached hydrogens (tertiary/aromatic N) is 2. The minimum absolute atomic E-state index is 0.385. The molecule has 0 atom stereocenters. The van der Waals surface area contributed by atoms with Crippen molar-refractivity contribution in [2.45, 2.75) is 17.8 Å². The highest BCUT2D eigenvalue weighted by atomic mass is 32.2. The van der Waals surface area contributed by atoms with Crippen LogP contribution in [0.25, 0.3) is 0 Å². The van der Waals surface area contributed by atoms with Gasteiger partial charge < -0.3 is 5.73 Å². The van der Waals surface area contributed by atoms with Crippen LogP contribution in [0.4, 0.5) is 0 Å². The number of hydrogen-bond donors (Lipinski definition) is 1. The summed E-state index contributed by atoms with van der Waals surface area (Å²) in [4.78, 5) is 8.55. The third-order valence-electron chi connectivity index (χ3n) is 2.39. The Morgan fingerprint density at radius 2 is 2.05 bits per heavy atom. The van der Waals surface area contributed by atoms with Crippen molar-refractivity contribution in [2.75, 3.05) is 6.54 Å². The van der Waals surface area contributed by atoms with Crippen molar-refractivity contribution in [3.63, 3.8) is 0 Å². The summed E-state index contributed by atoms with van der Waals surface area (Å²) in [5, 5.41) is 0.795. The average molecular weight is 269 g/mol. The summed E-state index contributed by atoms with van der Waals surface area (Å²) < 4.78 is 0. The van der Waals surface area contributed by atoms with E-state index in [1.54, 1.807) is 11.8 Å². The summed E-state index contributed by atoms with van der Waals surface area (Å²) in [5.41, 5.74) is 8.64. The lowest BCUT2D eigenvalue weighted by Crippen LogP contribution is -1.93. The molecule has 2 N–H and O–H groups in total. The van der Waals surface area contributed by atoms with E-state index < -0.39 is 0 Å². The second kappa shape index (κ2) is 6.93. The molecule has 0 fully saturated rings. The van der Waals surface area contributed by atoms with Crippen molar-refractivity contribution in [2.24, 2.45) is 5.73 Å². The first-order valence-corrected chi connectivity index (χ1v) is 6.96. The lowest BCUT2D eigenvalue weighted by molar-refractivity contribution is 0.949. The molecule has 0 saturated heterocycles. The zero-order valence-electron chi connectivity index (χ0n) is 10.8. The van der Waals surface area contributed by atoms with E-state index >= 15 is 0 Å². The Balaban J connectivity index is 2.01. The van der Waals surface area contributed by atoms with Gasteiger partial charge in [-0.25, -0.2) is 9.97 Å². The molecule has 0 spiro atoms. The number of aryl methyl sites for hydroxylation is 1. The maximum atomic E-state index is 5.37. The van der Waals surface area contributed by atoms with Crippen LogP contribution in [0.15, 0.2) is 41.8 Å². The van der Waals surface area contributed by atoms with Gasteiger partial charge in [0.15, 0.2) is 5.16 Å².